The summed E-state index contributed by atoms with van der Waals surface area (Å²) in [4.78, 5) is 13.0. The molecule has 4 rings (SSSR count). The number of aromatic nitrogens is 1. The summed E-state index contributed by atoms with van der Waals surface area (Å²) in [5.41, 5.74) is 3.36. The zero-order chi connectivity index (χ0) is 20.2. The van der Waals surface area contributed by atoms with Crippen LogP contribution in [0.5, 0.6) is 0 Å². The molecule has 0 bridgehead atoms. The molecule has 0 spiro atoms. The van der Waals surface area contributed by atoms with Crippen molar-refractivity contribution in [2.75, 3.05) is 5.32 Å². The van der Waals surface area contributed by atoms with Gasteiger partial charge in [0.15, 0.2) is 0 Å². The van der Waals surface area contributed by atoms with Gasteiger partial charge >= 0.3 is 0 Å². The van der Waals surface area contributed by atoms with Gasteiger partial charge in [0.05, 0.1) is 19.0 Å². The van der Waals surface area contributed by atoms with E-state index in [4.69, 9.17) is 5.26 Å². The van der Waals surface area contributed by atoms with Gasteiger partial charge in [-0.15, -0.1) is 0 Å². The number of benzene rings is 3. The minimum atomic E-state index is -0.301. The van der Waals surface area contributed by atoms with E-state index >= 15 is 0 Å². The van der Waals surface area contributed by atoms with Gasteiger partial charge in [-0.3, -0.25) is 4.79 Å². The Bertz CT molecular complexity index is 1220. The molecule has 1 heterocycles. The van der Waals surface area contributed by atoms with Crippen molar-refractivity contribution in [3.05, 3.63) is 102 Å². The highest BCUT2D eigenvalue weighted by atomic mass is 19.1. The number of hydrogen-bond acceptors (Lipinski definition) is 2. The number of carbonyl (C=O) groups excluding carboxylic acids is 1. The molecule has 0 aliphatic heterocycles. The number of carbonyl (C=O) groups is 1. The number of fused-ring (bicyclic) bond motifs is 1. The van der Waals surface area contributed by atoms with Crippen molar-refractivity contribution in [2.24, 2.45) is 0 Å². The first-order chi connectivity index (χ1) is 14.2. The number of nitrogens with zero attached hydrogens (tertiary/aromatic N) is 2. The number of hydrogen-bond donors (Lipinski definition) is 1. The van der Waals surface area contributed by atoms with Gasteiger partial charge in [-0.25, -0.2) is 4.39 Å². The van der Waals surface area contributed by atoms with E-state index in [2.05, 4.69) is 11.4 Å². The molecule has 0 fully saturated rings. The molecule has 0 aliphatic rings. The standard InChI is InChI=1S/C24H18FN3O/c25-21-7-3-1-6-19(21)16-28-22-8-4-2-5-18(22)15-23(28)24(29)27-20-11-9-17(10-12-20)13-14-26/h1-12,15H,13,16H2,(H,27,29). The SMILES string of the molecule is N#CCc1ccc(NC(=O)c2cc3ccccc3n2Cc2ccccc2F)cc1. The van der Waals surface area contributed by atoms with Gasteiger partial charge in [-0.2, -0.15) is 5.26 Å². The highest BCUT2D eigenvalue weighted by Gasteiger charge is 2.17. The van der Waals surface area contributed by atoms with E-state index in [1.165, 1.54) is 6.07 Å². The molecule has 4 nitrogen and oxygen atoms in total. The summed E-state index contributed by atoms with van der Waals surface area (Å²) < 4.78 is 16.1. The predicted molar refractivity (Wildman–Crippen MR) is 111 cm³/mol. The third kappa shape index (κ3) is 3.87. The van der Waals surface area contributed by atoms with Gasteiger partial charge in [0.25, 0.3) is 5.91 Å². The molecule has 4 aromatic rings. The Balaban J connectivity index is 1.68. The average Bonchev–Trinajstić information content (AvgIpc) is 3.10. The second kappa shape index (κ2) is 7.99. The molecule has 0 radical (unpaired) electrons. The fraction of sp³-hybridized carbons (Fsp3) is 0.0833. The van der Waals surface area contributed by atoms with Crippen LogP contribution >= 0.6 is 0 Å². The summed E-state index contributed by atoms with van der Waals surface area (Å²) in [6, 6.07) is 25.3. The van der Waals surface area contributed by atoms with E-state index in [0.29, 0.717) is 23.4 Å². The zero-order valence-electron chi connectivity index (χ0n) is 15.6. The molecule has 5 heteroatoms. The molecule has 1 N–H and O–H groups in total. The van der Waals surface area contributed by atoms with Crippen LogP contribution in [-0.2, 0) is 13.0 Å². The molecule has 29 heavy (non-hydrogen) atoms. The van der Waals surface area contributed by atoms with Crippen LogP contribution in [0.1, 0.15) is 21.6 Å². The quantitative estimate of drug-likeness (QED) is 0.518. The predicted octanol–water partition coefficient (Wildman–Crippen LogP) is 5.15. The summed E-state index contributed by atoms with van der Waals surface area (Å²) in [5, 5.41) is 12.6. The van der Waals surface area contributed by atoms with Crippen LogP contribution in [-0.4, -0.2) is 10.5 Å². The van der Waals surface area contributed by atoms with Crippen LogP contribution in [0.4, 0.5) is 10.1 Å². The van der Waals surface area contributed by atoms with Gasteiger partial charge in [0.2, 0.25) is 0 Å². The molecular formula is C24H18FN3O. The van der Waals surface area contributed by atoms with Crippen LogP contribution in [0.3, 0.4) is 0 Å². The van der Waals surface area contributed by atoms with Gasteiger partial charge < -0.3 is 9.88 Å². The van der Waals surface area contributed by atoms with Crippen molar-refractivity contribution in [3.63, 3.8) is 0 Å². The second-order valence-corrected chi connectivity index (χ2v) is 6.75. The van der Waals surface area contributed by atoms with Crippen LogP contribution in [0.25, 0.3) is 10.9 Å². The van der Waals surface area contributed by atoms with Crippen molar-refractivity contribution in [3.8, 4) is 6.07 Å². The minimum absolute atomic E-state index is 0.254. The van der Waals surface area contributed by atoms with E-state index in [-0.39, 0.29) is 18.3 Å². The first-order valence-electron chi connectivity index (χ1n) is 9.24. The summed E-state index contributed by atoms with van der Waals surface area (Å²) in [5.74, 6) is -0.574. The Morgan fingerprint density at radius 2 is 1.72 bits per heavy atom. The van der Waals surface area contributed by atoms with E-state index in [9.17, 15) is 9.18 Å². The number of anilines is 1. The molecule has 0 atom stereocenters. The number of halogens is 1. The van der Waals surface area contributed by atoms with E-state index in [1.807, 2.05) is 47.0 Å². The first-order valence-corrected chi connectivity index (χ1v) is 9.24. The number of para-hydroxylation sites is 1. The Hall–Kier alpha value is -3.91. The Morgan fingerprint density at radius 1 is 1.00 bits per heavy atom. The normalized spacial score (nSPS) is 10.6. The summed E-state index contributed by atoms with van der Waals surface area (Å²) in [7, 11) is 0. The minimum Gasteiger partial charge on any atom is -0.332 e. The van der Waals surface area contributed by atoms with Crippen LogP contribution < -0.4 is 5.32 Å². The molecule has 1 aromatic heterocycles. The number of nitriles is 1. The lowest BCUT2D eigenvalue weighted by atomic mass is 10.1. The summed E-state index contributed by atoms with van der Waals surface area (Å²) in [6.07, 6.45) is 0.325. The number of amides is 1. The summed E-state index contributed by atoms with van der Waals surface area (Å²) in [6.45, 7) is 0.254. The van der Waals surface area contributed by atoms with Crippen LogP contribution in [0, 0.1) is 17.1 Å². The average molecular weight is 383 g/mol. The fourth-order valence-electron chi connectivity index (χ4n) is 3.36. The zero-order valence-corrected chi connectivity index (χ0v) is 15.6. The lowest BCUT2D eigenvalue weighted by molar-refractivity contribution is 0.101. The first kappa shape index (κ1) is 18.5. The molecule has 0 unspecified atom stereocenters. The third-order valence-electron chi connectivity index (χ3n) is 4.82. The van der Waals surface area contributed by atoms with Gasteiger partial charge in [-0.05, 0) is 35.9 Å². The number of nitrogens with one attached hydrogen (secondary N) is 1. The van der Waals surface area contributed by atoms with E-state index in [1.54, 1.807) is 30.3 Å². The highest BCUT2D eigenvalue weighted by molar-refractivity contribution is 6.06. The Morgan fingerprint density at radius 3 is 2.48 bits per heavy atom. The smallest absolute Gasteiger partial charge is 0.272 e. The topological polar surface area (TPSA) is 57.8 Å². The van der Waals surface area contributed by atoms with Crippen LogP contribution in [0.15, 0.2) is 78.9 Å². The Labute approximate surface area is 167 Å². The monoisotopic (exact) mass is 383 g/mol. The number of rotatable bonds is 5. The molecule has 0 saturated heterocycles. The molecule has 1 amide bonds. The molecular weight excluding hydrogens is 365 g/mol. The van der Waals surface area contributed by atoms with Crippen molar-refractivity contribution in [1.82, 2.24) is 4.57 Å². The van der Waals surface area contributed by atoms with Gasteiger partial charge in [0.1, 0.15) is 11.5 Å². The highest BCUT2D eigenvalue weighted by Crippen LogP contribution is 2.23. The Kier molecular flexibility index (Phi) is 5.08. The third-order valence-corrected chi connectivity index (χ3v) is 4.82. The molecule has 0 aliphatic carbocycles. The molecule has 0 saturated carbocycles. The lowest BCUT2D eigenvalue weighted by Gasteiger charge is -2.12. The van der Waals surface area contributed by atoms with Gasteiger partial charge in [-0.1, -0.05) is 48.5 Å². The van der Waals surface area contributed by atoms with Crippen molar-refractivity contribution in [2.45, 2.75) is 13.0 Å². The molecule has 142 valence electrons. The maximum atomic E-state index is 14.2. The van der Waals surface area contributed by atoms with E-state index < -0.39 is 0 Å². The second-order valence-electron chi connectivity index (χ2n) is 6.75. The van der Waals surface area contributed by atoms with Crippen LogP contribution in [0.2, 0.25) is 0 Å². The van der Waals surface area contributed by atoms with Crippen molar-refractivity contribution >= 4 is 22.5 Å². The largest absolute Gasteiger partial charge is 0.332 e. The fourth-order valence-corrected chi connectivity index (χ4v) is 3.36. The lowest BCUT2D eigenvalue weighted by Crippen LogP contribution is -2.17. The van der Waals surface area contributed by atoms with Crippen molar-refractivity contribution in [1.29, 1.82) is 5.26 Å². The van der Waals surface area contributed by atoms with Crippen molar-refractivity contribution < 1.29 is 9.18 Å². The summed E-state index contributed by atoms with van der Waals surface area (Å²) >= 11 is 0. The maximum Gasteiger partial charge on any atom is 0.272 e. The van der Waals surface area contributed by atoms with E-state index in [0.717, 1.165) is 16.5 Å². The van der Waals surface area contributed by atoms with Gasteiger partial charge in [0, 0.05) is 22.2 Å². The molecule has 3 aromatic carbocycles. The maximum absolute atomic E-state index is 14.2.